The van der Waals surface area contributed by atoms with E-state index in [4.69, 9.17) is 9.47 Å². The number of hydrogen-bond donors (Lipinski definition) is 1. The van der Waals surface area contributed by atoms with Gasteiger partial charge in [-0.05, 0) is 12.5 Å². The summed E-state index contributed by atoms with van der Waals surface area (Å²) in [6.45, 7) is 2.87. The molecule has 0 unspecified atom stereocenters. The number of non-ortho nitro benzene ring substituents is 1. The van der Waals surface area contributed by atoms with Crippen molar-refractivity contribution in [2.45, 2.75) is 6.42 Å². The molecule has 2 heterocycles. The van der Waals surface area contributed by atoms with E-state index in [0.29, 0.717) is 45.1 Å². The fourth-order valence-corrected chi connectivity index (χ4v) is 3.57. The Morgan fingerprint density at radius 2 is 1.97 bits per heavy atom. The number of amides is 3. The smallest absolute Gasteiger partial charge is 0.271 e. The summed E-state index contributed by atoms with van der Waals surface area (Å²) in [4.78, 5) is 52.5. The number of ether oxygens (including phenoxy) is 2. The first-order valence-corrected chi connectivity index (χ1v) is 10.4. The molecular weight excluding hydrogens is 422 g/mol. The number of rotatable bonds is 9. The number of carbonyl (C=O) groups is 3. The number of nitrogens with one attached hydrogen (secondary N) is 1. The summed E-state index contributed by atoms with van der Waals surface area (Å²) >= 11 is 0. The highest BCUT2D eigenvalue weighted by atomic mass is 16.6. The van der Waals surface area contributed by atoms with E-state index in [1.54, 1.807) is 12.0 Å². The molecule has 12 heteroatoms. The Balaban J connectivity index is 1.52. The second-order valence-electron chi connectivity index (χ2n) is 7.53. The van der Waals surface area contributed by atoms with Crippen LogP contribution in [-0.4, -0.2) is 98.6 Å². The molecule has 1 fully saturated rings. The maximum Gasteiger partial charge on any atom is 0.271 e. The number of hydrogen-bond acceptors (Lipinski definition) is 8. The average Bonchev–Trinajstić information content (AvgIpc) is 2.78. The summed E-state index contributed by atoms with van der Waals surface area (Å²) in [5, 5.41) is 13.9. The molecule has 0 aliphatic carbocycles. The van der Waals surface area contributed by atoms with Crippen LogP contribution in [0.1, 0.15) is 6.42 Å². The molecule has 32 heavy (non-hydrogen) atoms. The van der Waals surface area contributed by atoms with Crippen molar-refractivity contribution < 1.29 is 28.8 Å². The molecule has 174 valence electrons. The molecular formula is C20H27N5O7. The highest BCUT2D eigenvalue weighted by molar-refractivity contribution is 6.02. The van der Waals surface area contributed by atoms with E-state index in [1.807, 2.05) is 4.90 Å². The normalized spacial score (nSPS) is 16.3. The van der Waals surface area contributed by atoms with Gasteiger partial charge in [-0.2, -0.15) is 0 Å². The Morgan fingerprint density at radius 3 is 2.66 bits per heavy atom. The molecule has 12 nitrogen and oxygen atoms in total. The zero-order valence-electron chi connectivity index (χ0n) is 17.9. The van der Waals surface area contributed by atoms with Gasteiger partial charge in [0, 0.05) is 58.6 Å². The van der Waals surface area contributed by atoms with E-state index >= 15 is 0 Å². The SMILES string of the molecule is COCCCNC(=O)CN1CCN(C(=O)CN2C(=O)COc3ccc([N+](=O)[O-])cc32)CC1. The van der Waals surface area contributed by atoms with E-state index in [1.165, 1.54) is 23.1 Å². The quantitative estimate of drug-likeness (QED) is 0.306. The lowest BCUT2D eigenvalue weighted by molar-refractivity contribution is -0.384. The minimum atomic E-state index is -0.563. The summed E-state index contributed by atoms with van der Waals surface area (Å²) < 4.78 is 10.3. The molecule has 1 aromatic rings. The third kappa shape index (κ3) is 5.92. The minimum absolute atomic E-state index is 0.0713. The number of nitro benzene ring substituents is 1. The minimum Gasteiger partial charge on any atom is -0.482 e. The first-order valence-electron chi connectivity index (χ1n) is 10.4. The van der Waals surface area contributed by atoms with Gasteiger partial charge in [0.2, 0.25) is 11.8 Å². The van der Waals surface area contributed by atoms with Crippen molar-refractivity contribution in [3.8, 4) is 5.75 Å². The predicted molar refractivity (Wildman–Crippen MR) is 113 cm³/mol. The molecule has 0 spiro atoms. The van der Waals surface area contributed by atoms with Gasteiger partial charge in [0.1, 0.15) is 12.3 Å². The van der Waals surface area contributed by atoms with Gasteiger partial charge in [0.15, 0.2) is 6.61 Å². The lowest BCUT2D eigenvalue weighted by atomic mass is 10.2. The Bertz CT molecular complexity index is 870. The van der Waals surface area contributed by atoms with Crippen molar-refractivity contribution in [1.29, 1.82) is 0 Å². The zero-order valence-corrected chi connectivity index (χ0v) is 17.9. The highest BCUT2D eigenvalue weighted by Gasteiger charge is 2.31. The largest absolute Gasteiger partial charge is 0.482 e. The Kier molecular flexibility index (Phi) is 7.95. The summed E-state index contributed by atoms with van der Waals surface area (Å²) in [5.74, 6) is -0.446. The lowest BCUT2D eigenvalue weighted by Gasteiger charge is -2.36. The molecule has 1 aromatic carbocycles. The predicted octanol–water partition coefficient (Wildman–Crippen LogP) is -0.383. The van der Waals surface area contributed by atoms with Gasteiger partial charge in [-0.3, -0.25) is 34.3 Å². The number of benzene rings is 1. The molecule has 0 aromatic heterocycles. The summed E-state index contributed by atoms with van der Waals surface area (Å²) in [7, 11) is 1.61. The van der Waals surface area contributed by atoms with Crippen LogP contribution in [0.2, 0.25) is 0 Å². The summed E-state index contributed by atoms with van der Waals surface area (Å²) in [6, 6.07) is 3.96. The van der Waals surface area contributed by atoms with Crippen LogP contribution in [-0.2, 0) is 19.1 Å². The third-order valence-electron chi connectivity index (χ3n) is 5.33. The van der Waals surface area contributed by atoms with Gasteiger partial charge in [-0.25, -0.2) is 0 Å². The molecule has 3 rings (SSSR count). The van der Waals surface area contributed by atoms with Crippen molar-refractivity contribution >= 4 is 29.1 Å². The van der Waals surface area contributed by atoms with E-state index in [2.05, 4.69) is 5.32 Å². The fourth-order valence-electron chi connectivity index (χ4n) is 3.57. The average molecular weight is 449 g/mol. The summed E-state index contributed by atoms with van der Waals surface area (Å²) in [5.41, 5.74) is 0.0289. The van der Waals surface area contributed by atoms with Crippen LogP contribution in [0.3, 0.4) is 0 Å². The van der Waals surface area contributed by atoms with Crippen molar-refractivity contribution in [3.05, 3.63) is 28.3 Å². The van der Waals surface area contributed by atoms with E-state index in [0.717, 1.165) is 6.42 Å². The van der Waals surface area contributed by atoms with Crippen LogP contribution >= 0.6 is 0 Å². The molecule has 0 radical (unpaired) electrons. The Hall–Kier alpha value is -3.25. The lowest BCUT2D eigenvalue weighted by Crippen LogP contribution is -2.54. The number of methoxy groups -OCH3 is 1. The van der Waals surface area contributed by atoms with Crippen molar-refractivity contribution in [2.75, 3.05) is 71.0 Å². The molecule has 2 aliphatic heterocycles. The highest BCUT2D eigenvalue weighted by Crippen LogP contribution is 2.35. The van der Waals surface area contributed by atoms with Gasteiger partial charge in [-0.1, -0.05) is 0 Å². The topological polar surface area (TPSA) is 135 Å². The molecule has 1 N–H and O–H groups in total. The first kappa shape index (κ1) is 23.4. The zero-order chi connectivity index (χ0) is 23.1. The fraction of sp³-hybridized carbons (Fsp3) is 0.550. The molecule has 2 aliphatic rings. The number of fused-ring (bicyclic) bond motifs is 1. The van der Waals surface area contributed by atoms with Crippen molar-refractivity contribution in [3.63, 3.8) is 0 Å². The van der Waals surface area contributed by atoms with Gasteiger partial charge in [-0.15, -0.1) is 0 Å². The van der Waals surface area contributed by atoms with Crippen LogP contribution in [0.25, 0.3) is 0 Å². The van der Waals surface area contributed by atoms with E-state index in [-0.39, 0.29) is 42.9 Å². The Morgan fingerprint density at radius 1 is 1.22 bits per heavy atom. The second-order valence-corrected chi connectivity index (χ2v) is 7.53. The summed E-state index contributed by atoms with van der Waals surface area (Å²) in [6.07, 6.45) is 0.747. The molecule has 1 saturated heterocycles. The first-order chi connectivity index (χ1) is 15.4. The van der Waals surface area contributed by atoms with E-state index in [9.17, 15) is 24.5 Å². The molecule has 0 atom stereocenters. The molecule has 0 bridgehead atoms. The van der Waals surface area contributed by atoms with E-state index < -0.39 is 10.8 Å². The Labute approximate surface area is 185 Å². The third-order valence-corrected chi connectivity index (χ3v) is 5.33. The molecule has 0 saturated carbocycles. The number of nitrogens with zero attached hydrogens (tertiary/aromatic N) is 4. The van der Waals surface area contributed by atoms with Crippen LogP contribution < -0.4 is 15.0 Å². The molecule has 3 amide bonds. The van der Waals surface area contributed by atoms with Crippen LogP contribution in [0.15, 0.2) is 18.2 Å². The number of carbonyl (C=O) groups excluding carboxylic acids is 3. The van der Waals surface area contributed by atoms with Gasteiger partial charge in [0.25, 0.3) is 11.6 Å². The van der Waals surface area contributed by atoms with Gasteiger partial charge in [0.05, 0.1) is 17.2 Å². The number of piperazine rings is 1. The van der Waals surface area contributed by atoms with Gasteiger partial charge >= 0.3 is 0 Å². The van der Waals surface area contributed by atoms with Crippen LogP contribution in [0.5, 0.6) is 5.75 Å². The second kappa shape index (κ2) is 10.9. The van der Waals surface area contributed by atoms with Gasteiger partial charge < -0.3 is 19.7 Å². The van der Waals surface area contributed by atoms with Crippen molar-refractivity contribution in [2.24, 2.45) is 0 Å². The monoisotopic (exact) mass is 449 g/mol. The van der Waals surface area contributed by atoms with Crippen LogP contribution in [0, 0.1) is 10.1 Å². The number of nitro groups is 1. The number of anilines is 1. The van der Waals surface area contributed by atoms with Crippen molar-refractivity contribution in [1.82, 2.24) is 15.1 Å². The van der Waals surface area contributed by atoms with Crippen LogP contribution in [0.4, 0.5) is 11.4 Å². The maximum absolute atomic E-state index is 12.8. The maximum atomic E-state index is 12.8. The standard InChI is InChI=1S/C20H27N5O7/c1-31-10-2-5-21-18(26)12-22-6-8-23(9-7-22)19(27)13-24-16-11-15(25(29)30)3-4-17(16)32-14-20(24)28/h3-4,11H,2,5-10,12-14H2,1H3,(H,21,26).